The first kappa shape index (κ1) is 8.70. The van der Waals surface area contributed by atoms with E-state index >= 15 is 0 Å². The van der Waals surface area contributed by atoms with Gasteiger partial charge in [-0.25, -0.2) is 0 Å². The molecule has 2 nitrogen and oxygen atoms in total. The number of nitrogens with zero attached hydrogens (tertiary/aromatic N) is 1. The molecule has 0 aromatic carbocycles. The van der Waals surface area contributed by atoms with E-state index in [-0.39, 0.29) is 0 Å². The largest absolute Gasteiger partial charge is 0.311 e. The van der Waals surface area contributed by atoms with Crippen molar-refractivity contribution in [3.8, 4) is 0 Å². The van der Waals surface area contributed by atoms with Crippen molar-refractivity contribution in [1.82, 2.24) is 10.3 Å². The number of nitrogens with one attached hydrogen (secondary N) is 1. The summed E-state index contributed by atoms with van der Waals surface area (Å²) >= 11 is 0. The summed E-state index contributed by atoms with van der Waals surface area (Å²) in [5.74, 6) is 0.949. The van der Waals surface area contributed by atoms with Gasteiger partial charge in [0.25, 0.3) is 0 Å². The van der Waals surface area contributed by atoms with E-state index in [4.69, 9.17) is 0 Å². The first-order chi connectivity index (χ1) is 6.34. The topological polar surface area (TPSA) is 24.9 Å². The Morgan fingerprint density at radius 1 is 1.46 bits per heavy atom. The summed E-state index contributed by atoms with van der Waals surface area (Å²) in [5.41, 5.74) is 2.26. The van der Waals surface area contributed by atoms with Crippen molar-refractivity contribution >= 4 is 0 Å². The van der Waals surface area contributed by atoms with Gasteiger partial charge in [-0.1, -0.05) is 6.07 Å². The molecule has 2 rings (SSSR count). The van der Waals surface area contributed by atoms with Crippen molar-refractivity contribution in [2.24, 2.45) is 5.92 Å². The van der Waals surface area contributed by atoms with Gasteiger partial charge in [-0.15, -0.1) is 0 Å². The van der Waals surface area contributed by atoms with E-state index in [1.54, 1.807) is 0 Å². The summed E-state index contributed by atoms with van der Waals surface area (Å²) < 4.78 is 0. The van der Waals surface area contributed by atoms with Gasteiger partial charge < -0.3 is 5.32 Å². The molecule has 1 N–H and O–H groups in total. The van der Waals surface area contributed by atoms with Crippen LogP contribution in [0, 0.1) is 12.8 Å². The number of hydrogen-bond donors (Lipinski definition) is 1. The summed E-state index contributed by atoms with van der Waals surface area (Å²) in [4.78, 5) is 4.43. The lowest BCUT2D eigenvalue weighted by atomic mass is 10.3. The quantitative estimate of drug-likeness (QED) is 0.757. The maximum atomic E-state index is 4.43. The van der Waals surface area contributed by atoms with Gasteiger partial charge in [-0.05, 0) is 44.4 Å². The van der Waals surface area contributed by atoms with Gasteiger partial charge in [-0.3, -0.25) is 4.98 Å². The lowest BCUT2D eigenvalue weighted by Gasteiger charge is -2.03. The minimum Gasteiger partial charge on any atom is -0.311 e. The normalized spacial score (nSPS) is 16.1. The molecule has 0 atom stereocenters. The van der Waals surface area contributed by atoms with Gasteiger partial charge in [0.1, 0.15) is 0 Å². The van der Waals surface area contributed by atoms with Gasteiger partial charge in [0.05, 0.1) is 5.69 Å². The lowest BCUT2D eigenvalue weighted by Crippen LogP contribution is -2.16. The van der Waals surface area contributed by atoms with E-state index in [1.165, 1.54) is 12.8 Å². The van der Waals surface area contributed by atoms with E-state index in [9.17, 15) is 0 Å². The van der Waals surface area contributed by atoms with Crippen LogP contribution in [0.2, 0.25) is 0 Å². The lowest BCUT2D eigenvalue weighted by molar-refractivity contribution is 0.629. The second kappa shape index (κ2) is 3.88. The van der Waals surface area contributed by atoms with E-state index in [0.29, 0.717) is 0 Å². The van der Waals surface area contributed by atoms with E-state index in [0.717, 1.165) is 30.4 Å². The molecule has 0 aliphatic heterocycles. The Hall–Kier alpha value is -0.890. The minimum atomic E-state index is 0.915. The number of aromatic nitrogens is 1. The molecule has 1 aliphatic rings. The highest BCUT2D eigenvalue weighted by atomic mass is 14.9. The summed E-state index contributed by atoms with van der Waals surface area (Å²) in [6.45, 7) is 4.11. The van der Waals surface area contributed by atoms with Crippen molar-refractivity contribution < 1.29 is 0 Å². The number of rotatable bonds is 4. The molecular weight excluding hydrogens is 160 g/mol. The Morgan fingerprint density at radius 3 is 3.00 bits per heavy atom. The zero-order chi connectivity index (χ0) is 9.10. The number of aryl methyl sites for hydroxylation is 1. The van der Waals surface area contributed by atoms with E-state index < -0.39 is 0 Å². The summed E-state index contributed by atoms with van der Waals surface area (Å²) in [6, 6.07) is 6.17. The molecule has 0 radical (unpaired) electrons. The minimum absolute atomic E-state index is 0.915. The molecule has 1 aromatic heterocycles. The molecular formula is C11H16N2. The molecule has 1 aliphatic carbocycles. The average Bonchev–Trinajstić information content (AvgIpc) is 2.88. The highest BCUT2D eigenvalue weighted by Gasteiger charge is 2.20. The molecule has 1 saturated carbocycles. The van der Waals surface area contributed by atoms with E-state index in [2.05, 4.69) is 22.4 Å². The zero-order valence-corrected chi connectivity index (χ0v) is 8.09. The van der Waals surface area contributed by atoms with Crippen LogP contribution >= 0.6 is 0 Å². The zero-order valence-electron chi connectivity index (χ0n) is 8.09. The molecule has 1 aromatic rings. The number of pyridine rings is 1. The van der Waals surface area contributed by atoms with Crippen LogP contribution in [-0.2, 0) is 6.54 Å². The fourth-order valence-corrected chi connectivity index (χ4v) is 1.42. The van der Waals surface area contributed by atoms with Crippen molar-refractivity contribution in [3.63, 3.8) is 0 Å². The summed E-state index contributed by atoms with van der Waals surface area (Å²) in [7, 11) is 0. The molecule has 70 valence electrons. The molecule has 2 heteroatoms. The van der Waals surface area contributed by atoms with Crippen LogP contribution in [0.5, 0.6) is 0 Å². The maximum Gasteiger partial charge on any atom is 0.0544 e. The van der Waals surface area contributed by atoms with Crippen LogP contribution < -0.4 is 5.32 Å². The van der Waals surface area contributed by atoms with Crippen molar-refractivity contribution in [3.05, 3.63) is 29.6 Å². The highest BCUT2D eigenvalue weighted by molar-refractivity contribution is 5.09. The van der Waals surface area contributed by atoms with Crippen LogP contribution in [0.4, 0.5) is 0 Å². The van der Waals surface area contributed by atoms with E-state index in [1.807, 2.05) is 13.0 Å². The van der Waals surface area contributed by atoms with Gasteiger partial charge >= 0.3 is 0 Å². The van der Waals surface area contributed by atoms with Crippen LogP contribution in [0.1, 0.15) is 24.2 Å². The third kappa shape index (κ3) is 2.81. The summed E-state index contributed by atoms with van der Waals surface area (Å²) in [6.07, 6.45) is 2.82. The molecule has 0 unspecified atom stereocenters. The summed E-state index contributed by atoms with van der Waals surface area (Å²) in [5, 5.41) is 3.43. The Morgan fingerprint density at radius 2 is 2.31 bits per heavy atom. The smallest absolute Gasteiger partial charge is 0.0544 e. The molecule has 0 spiro atoms. The third-order valence-electron chi connectivity index (χ3n) is 2.38. The van der Waals surface area contributed by atoms with Gasteiger partial charge in [0.2, 0.25) is 0 Å². The second-order valence-electron chi connectivity index (χ2n) is 3.84. The Kier molecular flexibility index (Phi) is 2.60. The Balaban J connectivity index is 1.79. The van der Waals surface area contributed by atoms with Gasteiger partial charge in [0, 0.05) is 12.2 Å². The van der Waals surface area contributed by atoms with Crippen LogP contribution in [0.25, 0.3) is 0 Å². The second-order valence-corrected chi connectivity index (χ2v) is 3.84. The van der Waals surface area contributed by atoms with Crippen molar-refractivity contribution in [2.75, 3.05) is 6.54 Å². The average molecular weight is 176 g/mol. The van der Waals surface area contributed by atoms with Crippen LogP contribution in [0.3, 0.4) is 0 Å². The van der Waals surface area contributed by atoms with Crippen molar-refractivity contribution in [1.29, 1.82) is 0 Å². The molecule has 0 amide bonds. The molecule has 1 heterocycles. The highest BCUT2D eigenvalue weighted by Crippen LogP contribution is 2.27. The van der Waals surface area contributed by atoms with Crippen molar-refractivity contribution in [2.45, 2.75) is 26.3 Å². The predicted molar refractivity (Wildman–Crippen MR) is 53.4 cm³/mol. The molecule has 0 saturated heterocycles. The first-order valence-corrected chi connectivity index (χ1v) is 4.98. The Labute approximate surface area is 79.4 Å². The number of hydrogen-bond acceptors (Lipinski definition) is 2. The first-order valence-electron chi connectivity index (χ1n) is 4.98. The fourth-order valence-electron chi connectivity index (χ4n) is 1.42. The fraction of sp³-hybridized carbons (Fsp3) is 0.545. The Bertz CT molecular complexity index is 279. The maximum absolute atomic E-state index is 4.43. The molecule has 13 heavy (non-hydrogen) atoms. The standard InChI is InChI=1S/C11H16N2/c1-9-3-2-4-11(13-9)8-12-7-10-5-6-10/h2-4,10,12H,5-8H2,1H3. The van der Waals surface area contributed by atoms with Crippen LogP contribution in [0.15, 0.2) is 18.2 Å². The monoisotopic (exact) mass is 176 g/mol. The third-order valence-corrected chi connectivity index (χ3v) is 2.38. The van der Waals surface area contributed by atoms with Gasteiger partial charge in [-0.2, -0.15) is 0 Å². The van der Waals surface area contributed by atoms with Crippen LogP contribution in [-0.4, -0.2) is 11.5 Å². The van der Waals surface area contributed by atoms with Gasteiger partial charge in [0.15, 0.2) is 0 Å². The molecule has 0 bridgehead atoms. The predicted octanol–water partition coefficient (Wildman–Crippen LogP) is 1.89. The SMILES string of the molecule is Cc1cccc(CNCC2CC2)n1. The molecule has 1 fully saturated rings.